The Morgan fingerprint density at radius 3 is 2.61 bits per heavy atom. The predicted octanol–water partition coefficient (Wildman–Crippen LogP) is 3.46. The van der Waals surface area contributed by atoms with Gasteiger partial charge in [-0.3, -0.25) is 9.59 Å². The van der Waals surface area contributed by atoms with Crippen LogP contribution in [-0.2, 0) is 11.2 Å². The number of nitrogens with one attached hydrogen (secondary N) is 2. The molecule has 6 nitrogen and oxygen atoms in total. The molecule has 0 bridgehead atoms. The number of fused-ring (bicyclic) bond motifs is 1. The summed E-state index contributed by atoms with van der Waals surface area (Å²) < 4.78 is 10.6. The smallest absolute Gasteiger partial charge is 0.262 e. The van der Waals surface area contributed by atoms with Crippen LogP contribution in [0.15, 0.2) is 66.0 Å². The summed E-state index contributed by atoms with van der Waals surface area (Å²) in [5.41, 5.74) is 1.54. The number of amides is 2. The van der Waals surface area contributed by atoms with Crippen LogP contribution in [0, 0.1) is 0 Å². The first-order valence-electron chi connectivity index (χ1n) is 8.78. The van der Waals surface area contributed by atoms with Crippen LogP contribution < -0.4 is 20.1 Å². The van der Waals surface area contributed by atoms with Crippen LogP contribution in [0.4, 0.5) is 5.69 Å². The van der Waals surface area contributed by atoms with Gasteiger partial charge in [-0.25, -0.2) is 0 Å². The molecule has 7 heteroatoms. The van der Waals surface area contributed by atoms with Crippen LogP contribution in [0.25, 0.3) is 0 Å². The number of ether oxygens (including phenoxy) is 2. The van der Waals surface area contributed by atoms with Gasteiger partial charge in [0.25, 0.3) is 5.91 Å². The number of carbonyl (C=O) groups is 2. The fraction of sp³-hybridized carbons (Fsp3) is 0.143. The SMILES string of the molecule is O=C(N[C@@H](Cc1ccccc1)C(=O)Nc1ccc2c(c1)OCO2)c1cccs1. The molecule has 0 spiro atoms. The van der Waals surface area contributed by atoms with Crippen molar-refractivity contribution < 1.29 is 19.1 Å². The molecule has 3 aromatic rings. The molecule has 2 amide bonds. The Labute approximate surface area is 166 Å². The zero-order chi connectivity index (χ0) is 19.3. The van der Waals surface area contributed by atoms with E-state index >= 15 is 0 Å². The summed E-state index contributed by atoms with van der Waals surface area (Å²) in [6.45, 7) is 0.167. The Bertz CT molecular complexity index is 973. The zero-order valence-corrected chi connectivity index (χ0v) is 15.7. The molecule has 0 saturated carbocycles. The number of benzene rings is 2. The highest BCUT2D eigenvalue weighted by molar-refractivity contribution is 7.12. The fourth-order valence-electron chi connectivity index (χ4n) is 2.90. The van der Waals surface area contributed by atoms with Gasteiger partial charge < -0.3 is 20.1 Å². The van der Waals surface area contributed by atoms with Gasteiger partial charge in [-0.05, 0) is 29.1 Å². The van der Waals surface area contributed by atoms with E-state index in [1.165, 1.54) is 11.3 Å². The molecule has 1 atom stereocenters. The number of hydrogen-bond acceptors (Lipinski definition) is 5. The van der Waals surface area contributed by atoms with Crippen molar-refractivity contribution in [3.63, 3.8) is 0 Å². The van der Waals surface area contributed by atoms with E-state index in [1.807, 2.05) is 35.7 Å². The van der Waals surface area contributed by atoms with Gasteiger partial charge in [-0.15, -0.1) is 11.3 Å². The topological polar surface area (TPSA) is 76.7 Å². The van der Waals surface area contributed by atoms with E-state index < -0.39 is 6.04 Å². The first-order chi connectivity index (χ1) is 13.7. The van der Waals surface area contributed by atoms with Crippen molar-refractivity contribution in [1.29, 1.82) is 0 Å². The van der Waals surface area contributed by atoms with Crippen LogP contribution in [-0.4, -0.2) is 24.6 Å². The van der Waals surface area contributed by atoms with E-state index in [4.69, 9.17) is 9.47 Å². The summed E-state index contributed by atoms with van der Waals surface area (Å²) in [5.74, 6) is 0.661. The van der Waals surface area contributed by atoms with Crippen molar-refractivity contribution >= 4 is 28.8 Å². The van der Waals surface area contributed by atoms with E-state index in [9.17, 15) is 9.59 Å². The highest BCUT2D eigenvalue weighted by atomic mass is 32.1. The summed E-state index contributed by atoms with van der Waals surface area (Å²) in [4.78, 5) is 26.0. The Balaban J connectivity index is 1.51. The summed E-state index contributed by atoms with van der Waals surface area (Å²) in [6, 6.07) is 17.6. The lowest BCUT2D eigenvalue weighted by atomic mass is 10.0. The fourth-order valence-corrected chi connectivity index (χ4v) is 3.53. The Morgan fingerprint density at radius 2 is 1.82 bits per heavy atom. The molecular weight excluding hydrogens is 376 g/mol. The number of thiophene rings is 1. The molecule has 1 aliphatic heterocycles. The molecule has 0 fully saturated rings. The molecule has 1 aromatic heterocycles. The maximum Gasteiger partial charge on any atom is 0.262 e. The van der Waals surface area contributed by atoms with Gasteiger partial charge in [0.15, 0.2) is 11.5 Å². The summed E-state index contributed by atoms with van der Waals surface area (Å²) in [6.07, 6.45) is 0.383. The van der Waals surface area contributed by atoms with Gasteiger partial charge in [0, 0.05) is 18.2 Å². The van der Waals surface area contributed by atoms with Crippen molar-refractivity contribution in [2.75, 3.05) is 12.1 Å². The lowest BCUT2D eigenvalue weighted by Crippen LogP contribution is -2.45. The van der Waals surface area contributed by atoms with Gasteiger partial charge >= 0.3 is 0 Å². The van der Waals surface area contributed by atoms with E-state index in [1.54, 1.807) is 30.3 Å². The molecule has 2 heterocycles. The molecule has 0 aliphatic carbocycles. The van der Waals surface area contributed by atoms with Gasteiger partial charge in [-0.1, -0.05) is 36.4 Å². The lowest BCUT2D eigenvalue weighted by molar-refractivity contribution is -0.118. The first-order valence-corrected chi connectivity index (χ1v) is 9.66. The molecular formula is C21H18N2O4S. The molecule has 0 radical (unpaired) electrons. The minimum Gasteiger partial charge on any atom is -0.454 e. The Hall–Kier alpha value is -3.32. The van der Waals surface area contributed by atoms with Gasteiger partial charge in [-0.2, -0.15) is 0 Å². The maximum atomic E-state index is 12.9. The number of rotatable bonds is 6. The van der Waals surface area contributed by atoms with Crippen molar-refractivity contribution in [2.45, 2.75) is 12.5 Å². The van der Waals surface area contributed by atoms with E-state index in [0.29, 0.717) is 28.5 Å². The molecule has 4 rings (SSSR count). The van der Waals surface area contributed by atoms with Crippen molar-refractivity contribution in [3.05, 3.63) is 76.5 Å². The van der Waals surface area contributed by atoms with Gasteiger partial charge in [0.05, 0.1) is 4.88 Å². The van der Waals surface area contributed by atoms with Crippen molar-refractivity contribution in [2.24, 2.45) is 0 Å². The minimum atomic E-state index is -0.720. The summed E-state index contributed by atoms with van der Waals surface area (Å²) in [7, 11) is 0. The number of carbonyl (C=O) groups excluding carboxylic acids is 2. The molecule has 28 heavy (non-hydrogen) atoms. The van der Waals surface area contributed by atoms with E-state index in [-0.39, 0.29) is 18.6 Å². The standard InChI is InChI=1S/C21H18N2O4S/c24-20(22-15-8-9-17-18(12-15)27-13-26-17)16(11-14-5-2-1-3-6-14)23-21(25)19-7-4-10-28-19/h1-10,12,16H,11,13H2,(H,22,24)(H,23,25)/t16-/m0/s1. The van der Waals surface area contributed by atoms with Crippen molar-refractivity contribution in [3.8, 4) is 11.5 Å². The maximum absolute atomic E-state index is 12.9. The minimum absolute atomic E-state index is 0.167. The normalized spacial score (nSPS) is 13.0. The first kappa shape index (κ1) is 18.1. The molecule has 1 aliphatic rings. The van der Waals surface area contributed by atoms with Crippen molar-refractivity contribution in [1.82, 2.24) is 5.32 Å². The van der Waals surface area contributed by atoms with Crippen LogP contribution in [0.1, 0.15) is 15.2 Å². The third-order valence-corrected chi connectivity index (χ3v) is 5.16. The van der Waals surface area contributed by atoms with Crippen LogP contribution in [0.3, 0.4) is 0 Å². The molecule has 2 aromatic carbocycles. The van der Waals surface area contributed by atoms with Crippen LogP contribution >= 0.6 is 11.3 Å². The highest BCUT2D eigenvalue weighted by Gasteiger charge is 2.23. The predicted molar refractivity (Wildman–Crippen MR) is 107 cm³/mol. The largest absolute Gasteiger partial charge is 0.454 e. The second-order valence-corrected chi connectivity index (χ2v) is 7.20. The van der Waals surface area contributed by atoms with E-state index in [0.717, 1.165) is 5.56 Å². The third kappa shape index (κ3) is 4.15. The molecule has 2 N–H and O–H groups in total. The molecule has 142 valence electrons. The van der Waals surface area contributed by atoms with E-state index in [2.05, 4.69) is 10.6 Å². The molecule has 0 saturated heterocycles. The average Bonchev–Trinajstić information content (AvgIpc) is 3.40. The number of hydrogen-bond donors (Lipinski definition) is 2. The lowest BCUT2D eigenvalue weighted by Gasteiger charge is -2.18. The Kier molecular flexibility index (Phi) is 5.25. The van der Waals surface area contributed by atoms with Crippen LogP contribution in [0.5, 0.6) is 11.5 Å². The summed E-state index contributed by atoms with van der Waals surface area (Å²) in [5, 5.41) is 7.53. The highest BCUT2D eigenvalue weighted by Crippen LogP contribution is 2.34. The second-order valence-electron chi connectivity index (χ2n) is 6.25. The monoisotopic (exact) mass is 394 g/mol. The zero-order valence-electron chi connectivity index (χ0n) is 14.9. The quantitative estimate of drug-likeness (QED) is 0.671. The third-order valence-electron chi connectivity index (χ3n) is 4.29. The Morgan fingerprint density at radius 1 is 1.00 bits per heavy atom. The average molecular weight is 394 g/mol. The van der Waals surface area contributed by atoms with Gasteiger partial charge in [0.2, 0.25) is 12.7 Å². The number of anilines is 1. The van der Waals surface area contributed by atoms with Crippen LogP contribution in [0.2, 0.25) is 0 Å². The second kappa shape index (κ2) is 8.14. The molecule has 0 unspecified atom stereocenters. The van der Waals surface area contributed by atoms with Gasteiger partial charge in [0.1, 0.15) is 6.04 Å². The summed E-state index contributed by atoms with van der Waals surface area (Å²) >= 11 is 1.33.